The molecule has 0 radical (unpaired) electrons. The number of carbonyl (C=O) groups is 1. The Bertz CT molecular complexity index is 718. The van der Waals surface area contributed by atoms with Crippen molar-refractivity contribution in [3.8, 4) is 11.5 Å². The maximum absolute atomic E-state index is 11.5. The first kappa shape index (κ1) is 15.0. The summed E-state index contributed by atoms with van der Waals surface area (Å²) in [7, 11) is -3.07. The number of halogens is 1. The molecular weight excluding hydrogens is 348 g/mol. The van der Waals surface area contributed by atoms with Gasteiger partial charge in [-0.25, -0.2) is 8.42 Å². The topological polar surface area (TPSA) is 82.2 Å². The second-order valence-corrected chi connectivity index (χ2v) is 7.41. The maximum atomic E-state index is 11.5. The third-order valence-corrected chi connectivity index (χ3v) is 4.91. The van der Waals surface area contributed by atoms with Gasteiger partial charge in [0, 0.05) is 11.9 Å². The molecule has 6 nitrogen and oxygen atoms in total. The predicted molar refractivity (Wildman–Crippen MR) is 77.3 cm³/mol. The molecule has 108 valence electrons. The van der Waals surface area contributed by atoms with Gasteiger partial charge in [0.1, 0.15) is 5.69 Å². The number of aldehydes is 1. The first-order valence-electron chi connectivity index (χ1n) is 5.94. The molecule has 2 heterocycles. The summed E-state index contributed by atoms with van der Waals surface area (Å²) < 4.78 is 30.3. The molecular formula is C12H13BrN2O4S. The Hall–Kier alpha value is -1.41. The summed E-state index contributed by atoms with van der Waals surface area (Å²) >= 11 is 3.18. The van der Waals surface area contributed by atoms with Crippen molar-refractivity contribution in [2.45, 2.75) is 13.5 Å². The molecule has 0 fully saturated rings. The van der Waals surface area contributed by atoms with E-state index in [1.165, 1.54) is 10.9 Å². The van der Waals surface area contributed by atoms with Gasteiger partial charge < -0.3 is 4.42 Å². The van der Waals surface area contributed by atoms with Gasteiger partial charge in [-0.3, -0.25) is 9.48 Å². The highest BCUT2D eigenvalue weighted by Crippen LogP contribution is 2.25. The van der Waals surface area contributed by atoms with E-state index >= 15 is 0 Å². The largest absolute Gasteiger partial charge is 0.448 e. The molecule has 0 saturated heterocycles. The third-order valence-electron chi connectivity index (χ3n) is 2.79. The van der Waals surface area contributed by atoms with Gasteiger partial charge in [-0.15, -0.1) is 0 Å². The summed E-state index contributed by atoms with van der Waals surface area (Å²) in [5, 5.41) is 4.21. The van der Waals surface area contributed by atoms with Crippen LogP contribution in [0.25, 0.3) is 11.5 Å². The maximum Gasteiger partial charge on any atom is 0.169 e. The minimum absolute atomic E-state index is 0.00916. The van der Waals surface area contributed by atoms with Crippen molar-refractivity contribution in [3.63, 3.8) is 0 Å². The Morgan fingerprint density at radius 3 is 2.75 bits per heavy atom. The lowest BCUT2D eigenvalue weighted by molar-refractivity contribution is 0.112. The van der Waals surface area contributed by atoms with Gasteiger partial charge in [-0.1, -0.05) is 6.92 Å². The number of aryl methyl sites for hydroxylation is 1. The number of rotatable bonds is 6. The van der Waals surface area contributed by atoms with Gasteiger partial charge in [0.25, 0.3) is 0 Å². The number of furan rings is 1. The van der Waals surface area contributed by atoms with E-state index < -0.39 is 9.84 Å². The van der Waals surface area contributed by atoms with Crippen LogP contribution in [0, 0.1) is 0 Å². The molecule has 0 aliphatic rings. The molecule has 0 bridgehead atoms. The molecule has 0 N–H and O–H groups in total. The van der Waals surface area contributed by atoms with Crippen LogP contribution in [0.1, 0.15) is 17.3 Å². The van der Waals surface area contributed by atoms with Crippen LogP contribution in [0.15, 0.2) is 27.4 Å². The van der Waals surface area contributed by atoms with Crippen molar-refractivity contribution in [1.29, 1.82) is 0 Å². The van der Waals surface area contributed by atoms with Crippen LogP contribution in [-0.2, 0) is 16.4 Å². The average Bonchev–Trinajstić information content (AvgIpc) is 3.02. The molecule has 0 saturated carbocycles. The van der Waals surface area contributed by atoms with Crippen LogP contribution in [0.2, 0.25) is 0 Å². The molecule has 0 unspecified atom stereocenters. The zero-order valence-corrected chi connectivity index (χ0v) is 13.1. The van der Waals surface area contributed by atoms with Crippen molar-refractivity contribution >= 4 is 32.1 Å². The fraction of sp³-hybridized carbons (Fsp3) is 0.333. The summed E-state index contributed by atoms with van der Waals surface area (Å²) in [6.07, 6.45) is 2.19. The summed E-state index contributed by atoms with van der Waals surface area (Å²) in [6.45, 7) is 1.81. The highest BCUT2D eigenvalue weighted by Gasteiger charge is 2.15. The Morgan fingerprint density at radius 1 is 1.45 bits per heavy atom. The predicted octanol–water partition coefficient (Wildman–Crippen LogP) is 2.15. The first-order valence-corrected chi connectivity index (χ1v) is 8.55. The van der Waals surface area contributed by atoms with E-state index in [1.54, 1.807) is 19.1 Å². The minimum atomic E-state index is -3.07. The van der Waals surface area contributed by atoms with Crippen LogP contribution in [-0.4, -0.2) is 36.0 Å². The number of carbonyl (C=O) groups excluding carboxylic acids is 1. The van der Waals surface area contributed by atoms with E-state index in [0.717, 1.165) is 0 Å². The molecule has 0 amide bonds. The zero-order chi connectivity index (χ0) is 14.8. The fourth-order valence-corrected chi connectivity index (χ4v) is 2.71. The second kappa shape index (κ2) is 5.92. The van der Waals surface area contributed by atoms with Crippen molar-refractivity contribution in [2.24, 2.45) is 0 Å². The SMILES string of the molecule is CCS(=O)(=O)CCn1cc(C=O)c(-c2ccc(Br)o2)n1. The number of hydrogen-bond donors (Lipinski definition) is 0. The van der Waals surface area contributed by atoms with Crippen molar-refractivity contribution in [1.82, 2.24) is 9.78 Å². The van der Waals surface area contributed by atoms with Crippen molar-refractivity contribution in [3.05, 3.63) is 28.6 Å². The van der Waals surface area contributed by atoms with E-state index in [1.807, 2.05) is 0 Å². The molecule has 2 rings (SSSR count). The van der Waals surface area contributed by atoms with E-state index in [0.29, 0.717) is 28.0 Å². The first-order chi connectivity index (χ1) is 9.45. The van der Waals surface area contributed by atoms with Crippen LogP contribution < -0.4 is 0 Å². The smallest absolute Gasteiger partial charge is 0.169 e. The van der Waals surface area contributed by atoms with Gasteiger partial charge in [0.15, 0.2) is 26.6 Å². The van der Waals surface area contributed by atoms with Crippen LogP contribution >= 0.6 is 15.9 Å². The molecule has 2 aromatic rings. The van der Waals surface area contributed by atoms with Crippen LogP contribution in [0.5, 0.6) is 0 Å². The lowest BCUT2D eigenvalue weighted by Crippen LogP contribution is -2.14. The standard InChI is InChI=1S/C12H13BrN2O4S/c1-2-20(17,18)6-5-15-7-9(8-16)12(14-15)10-3-4-11(13)19-10/h3-4,7-8H,2,5-6H2,1H3. The third kappa shape index (κ3) is 3.37. The van der Waals surface area contributed by atoms with Gasteiger partial charge in [0.05, 0.1) is 17.9 Å². The normalized spacial score (nSPS) is 11.7. The number of hydrogen-bond acceptors (Lipinski definition) is 5. The van der Waals surface area contributed by atoms with E-state index in [9.17, 15) is 13.2 Å². The quantitative estimate of drug-likeness (QED) is 0.737. The lowest BCUT2D eigenvalue weighted by atomic mass is 10.2. The highest BCUT2D eigenvalue weighted by atomic mass is 79.9. The number of aromatic nitrogens is 2. The van der Waals surface area contributed by atoms with Gasteiger partial charge >= 0.3 is 0 Å². The summed E-state index contributed by atoms with van der Waals surface area (Å²) in [4.78, 5) is 11.1. The van der Waals surface area contributed by atoms with E-state index in [4.69, 9.17) is 4.42 Å². The Labute approximate surface area is 124 Å². The molecule has 0 atom stereocenters. The Kier molecular flexibility index (Phi) is 4.44. The van der Waals surface area contributed by atoms with Crippen LogP contribution in [0.4, 0.5) is 0 Å². The lowest BCUT2D eigenvalue weighted by Gasteiger charge is -2.01. The van der Waals surface area contributed by atoms with Crippen LogP contribution in [0.3, 0.4) is 0 Å². The Balaban J connectivity index is 2.25. The van der Waals surface area contributed by atoms with Gasteiger partial charge in [-0.2, -0.15) is 5.10 Å². The zero-order valence-electron chi connectivity index (χ0n) is 10.7. The fourth-order valence-electron chi connectivity index (χ4n) is 1.65. The van der Waals surface area contributed by atoms with Crippen molar-refractivity contribution < 1.29 is 17.6 Å². The monoisotopic (exact) mass is 360 g/mol. The van der Waals surface area contributed by atoms with Crippen molar-refractivity contribution in [2.75, 3.05) is 11.5 Å². The van der Waals surface area contributed by atoms with Gasteiger partial charge in [-0.05, 0) is 28.1 Å². The highest BCUT2D eigenvalue weighted by molar-refractivity contribution is 9.10. The number of nitrogens with zero attached hydrogens (tertiary/aromatic N) is 2. The number of sulfone groups is 1. The summed E-state index contributed by atoms with van der Waals surface area (Å²) in [5.41, 5.74) is 0.764. The molecule has 0 aliphatic carbocycles. The molecule has 0 aliphatic heterocycles. The second-order valence-electron chi connectivity index (χ2n) is 4.15. The molecule has 2 aromatic heterocycles. The molecule has 0 spiro atoms. The van der Waals surface area contributed by atoms with E-state index in [2.05, 4.69) is 21.0 Å². The average molecular weight is 361 g/mol. The van der Waals surface area contributed by atoms with E-state index in [-0.39, 0.29) is 18.1 Å². The summed E-state index contributed by atoms with van der Waals surface area (Å²) in [6, 6.07) is 3.39. The van der Waals surface area contributed by atoms with Gasteiger partial charge in [0.2, 0.25) is 0 Å². The molecule has 20 heavy (non-hydrogen) atoms. The Morgan fingerprint density at radius 2 is 2.20 bits per heavy atom. The minimum Gasteiger partial charge on any atom is -0.448 e. The molecule has 0 aromatic carbocycles. The molecule has 8 heteroatoms. The summed E-state index contributed by atoms with van der Waals surface area (Å²) in [5.74, 6) is 0.536.